The first-order valence-electron chi connectivity index (χ1n) is 9.77. The summed E-state index contributed by atoms with van der Waals surface area (Å²) in [6, 6.07) is 14.2. The predicted molar refractivity (Wildman–Crippen MR) is 107 cm³/mol. The van der Waals surface area contributed by atoms with Gasteiger partial charge in [0, 0.05) is 56.0 Å². The van der Waals surface area contributed by atoms with Crippen molar-refractivity contribution in [1.29, 1.82) is 0 Å². The fraction of sp³-hybridized carbons (Fsp3) is 0.333. The second-order valence-corrected chi connectivity index (χ2v) is 7.06. The van der Waals surface area contributed by atoms with E-state index in [9.17, 15) is 9.18 Å². The highest BCUT2D eigenvalue weighted by Crippen LogP contribution is 2.19. The standard InChI is InChI=1S/C21H23FN6O/c1-2-28-20(23-24-25-28)16-7-5-8-17(14-16)21(29)27-12-10-26(11-13-27)15-18-6-3-4-9-19(18)22/h3-9,14H,2,10-13,15H2,1H3. The summed E-state index contributed by atoms with van der Waals surface area (Å²) in [4.78, 5) is 17.0. The zero-order chi connectivity index (χ0) is 20.2. The Morgan fingerprint density at radius 3 is 2.62 bits per heavy atom. The average molecular weight is 394 g/mol. The summed E-state index contributed by atoms with van der Waals surface area (Å²) in [6.07, 6.45) is 0. The maximum absolute atomic E-state index is 13.9. The number of aromatic nitrogens is 4. The number of amides is 1. The van der Waals surface area contributed by atoms with Crippen LogP contribution < -0.4 is 0 Å². The molecule has 0 bridgehead atoms. The van der Waals surface area contributed by atoms with Crippen molar-refractivity contribution in [2.45, 2.75) is 20.0 Å². The number of rotatable bonds is 5. The van der Waals surface area contributed by atoms with Gasteiger partial charge in [-0.2, -0.15) is 0 Å². The molecule has 0 N–H and O–H groups in total. The third-order valence-corrected chi connectivity index (χ3v) is 5.21. The number of hydrogen-bond donors (Lipinski definition) is 0. The molecule has 7 nitrogen and oxygen atoms in total. The molecule has 1 saturated heterocycles. The van der Waals surface area contributed by atoms with Gasteiger partial charge in [-0.25, -0.2) is 9.07 Å². The summed E-state index contributed by atoms with van der Waals surface area (Å²) < 4.78 is 15.6. The predicted octanol–water partition coefficient (Wildman–Crippen LogP) is 2.46. The van der Waals surface area contributed by atoms with Crippen LogP contribution in [0, 0.1) is 5.82 Å². The Bertz CT molecular complexity index is 996. The number of benzene rings is 2. The van der Waals surface area contributed by atoms with Crippen molar-refractivity contribution in [3.05, 3.63) is 65.5 Å². The van der Waals surface area contributed by atoms with Crippen LogP contribution in [0.2, 0.25) is 0 Å². The van der Waals surface area contributed by atoms with Gasteiger partial charge in [0.2, 0.25) is 0 Å². The lowest BCUT2D eigenvalue weighted by molar-refractivity contribution is 0.0627. The number of nitrogens with zero attached hydrogens (tertiary/aromatic N) is 6. The first-order chi connectivity index (χ1) is 14.2. The van der Waals surface area contributed by atoms with Gasteiger partial charge in [0.25, 0.3) is 5.91 Å². The van der Waals surface area contributed by atoms with Crippen molar-refractivity contribution in [3.63, 3.8) is 0 Å². The van der Waals surface area contributed by atoms with E-state index in [1.165, 1.54) is 6.07 Å². The third kappa shape index (κ3) is 4.17. The fourth-order valence-electron chi connectivity index (χ4n) is 3.57. The van der Waals surface area contributed by atoms with E-state index < -0.39 is 0 Å². The van der Waals surface area contributed by atoms with E-state index in [1.807, 2.05) is 48.2 Å². The lowest BCUT2D eigenvalue weighted by Crippen LogP contribution is -2.48. The molecule has 0 saturated carbocycles. The van der Waals surface area contributed by atoms with Crippen LogP contribution in [0.1, 0.15) is 22.8 Å². The highest BCUT2D eigenvalue weighted by atomic mass is 19.1. The quantitative estimate of drug-likeness (QED) is 0.665. The molecule has 3 aromatic rings. The van der Waals surface area contributed by atoms with Gasteiger partial charge in [-0.15, -0.1) is 5.10 Å². The lowest BCUT2D eigenvalue weighted by atomic mass is 10.1. The summed E-state index contributed by atoms with van der Waals surface area (Å²) in [5.41, 5.74) is 2.13. The van der Waals surface area contributed by atoms with Gasteiger partial charge in [0.1, 0.15) is 5.82 Å². The van der Waals surface area contributed by atoms with Crippen LogP contribution in [0.4, 0.5) is 4.39 Å². The van der Waals surface area contributed by atoms with Crippen molar-refractivity contribution in [2.75, 3.05) is 26.2 Å². The molecule has 8 heteroatoms. The summed E-state index contributed by atoms with van der Waals surface area (Å²) in [5.74, 6) is 0.460. The van der Waals surface area contributed by atoms with Crippen LogP contribution in [0.5, 0.6) is 0 Å². The lowest BCUT2D eigenvalue weighted by Gasteiger charge is -2.34. The Morgan fingerprint density at radius 2 is 1.86 bits per heavy atom. The van der Waals surface area contributed by atoms with Crippen molar-refractivity contribution < 1.29 is 9.18 Å². The third-order valence-electron chi connectivity index (χ3n) is 5.21. The van der Waals surface area contributed by atoms with Crippen LogP contribution >= 0.6 is 0 Å². The molecule has 0 aliphatic carbocycles. The molecule has 1 aliphatic rings. The Labute approximate surface area is 168 Å². The summed E-state index contributed by atoms with van der Waals surface area (Å²) in [6.45, 7) is 5.85. The van der Waals surface area contributed by atoms with E-state index in [2.05, 4.69) is 20.4 Å². The Kier molecular flexibility index (Phi) is 5.62. The summed E-state index contributed by atoms with van der Waals surface area (Å²) >= 11 is 0. The van der Waals surface area contributed by atoms with Crippen molar-refractivity contribution in [1.82, 2.24) is 30.0 Å². The molecule has 1 amide bonds. The molecular formula is C21H23FN6O. The summed E-state index contributed by atoms with van der Waals surface area (Å²) in [7, 11) is 0. The minimum absolute atomic E-state index is 0.00656. The number of piperazine rings is 1. The highest BCUT2D eigenvalue weighted by Gasteiger charge is 2.23. The van der Waals surface area contributed by atoms with Gasteiger partial charge >= 0.3 is 0 Å². The van der Waals surface area contributed by atoms with Gasteiger partial charge in [0.05, 0.1) is 0 Å². The van der Waals surface area contributed by atoms with Gasteiger partial charge in [-0.3, -0.25) is 9.69 Å². The van der Waals surface area contributed by atoms with Crippen molar-refractivity contribution in [2.24, 2.45) is 0 Å². The van der Waals surface area contributed by atoms with Gasteiger partial charge in [-0.05, 0) is 35.5 Å². The van der Waals surface area contributed by atoms with Gasteiger partial charge < -0.3 is 4.90 Å². The van der Waals surface area contributed by atoms with Crippen LogP contribution in [0.25, 0.3) is 11.4 Å². The highest BCUT2D eigenvalue weighted by molar-refractivity contribution is 5.95. The molecule has 29 heavy (non-hydrogen) atoms. The minimum Gasteiger partial charge on any atom is -0.336 e. The SMILES string of the molecule is CCn1nnnc1-c1cccc(C(=O)N2CCN(Cc3ccccc3F)CC2)c1. The van der Waals surface area contributed by atoms with E-state index in [1.54, 1.807) is 10.7 Å². The van der Waals surface area contributed by atoms with Crippen LogP contribution in [0.3, 0.4) is 0 Å². The Morgan fingerprint density at radius 1 is 1.07 bits per heavy atom. The second kappa shape index (κ2) is 8.48. The van der Waals surface area contributed by atoms with Gasteiger partial charge in [0.15, 0.2) is 5.82 Å². The zero-order valence-corrected chi connectivity index (χ0v) is 16.3. The first-order valence-corrected chi connectivity index (χ1v) is 9.77. The topological polar surface area (TPSA) is 67.2 Å². The molecule has 4 rings (SSSR count). The maximum Gasteiger partial charge on any atom is 0.253 e. The van der Waals surface area contributed by atoms with E-state index in [-0.39, 0.29) is 11.7 Å². The van der Waals surface area contributed by atoms with E-state index in [0.717, 1.165) is 5.56 Å². The normalized spacial score (nSPS) is 14.9. The number of halogens is 1. The molecule has 2 aromatic carbocycles. The molecule has 0 unspecified atom stereocenters. The van der Waals surface area contributed by atoms with E-state index in [4.69, 9.17) is 0 Å². The largest absolute Gasteiger partial charge is 0.336 e. The number of carbonyl (C=O) groups is 1. The molecule has 1 aliphatic heterocycles. The molecule has 0 spiro atoms. The molecule has 1 aromatic heterocycles. The Hall–Kier alpha value is -3.13. The number of hydrogen-bond acceptors (Lipinski definition) is 5. The molecule has 0 radical (unpaired) electrons. The summed E-state index contributed by atoms with van der Waals surface area (Å²) in [5, 5.41) is 11.7. The number of aryl methyl sites for hydroxylation is 1. The molecule has 2 heterocycles. The smallest absolute Gasteiger partial charge is 0.253 e. The molecule has 1 fully saturated rings. The minimum atomic E-state index is -0.183. The molecule has 150 valence electrons. The van der Waals surface area contributed by atoms with E-state index >= 15 is 0 Å². The van der Waals surface area contributed by atoms with Crippen molar-refractivity contribution in [3.8, 4) is 11.4 Å². The van der Waals surface area contributed by atoms with Crippen LogP contribution in [0.15, 0.2) is 48.5 Å². The molecular weight excluding hydrogens is 371 g/mol. The zero-order valence-electron chi connectivity index (χ0n) is 16.3. The number of carbonyl (C=O) groups excluding carboxylic acids is 1. The van der Waals surface area contributed by atoms with Gasteiger partial charge in [-0.1, -0.05) is 30.3 Å². The van der Waals surface area contributed by atoms with Crippen LogP contribution in [-0.4, -0.2) is 62.1 Å². The second-order valence-electron chi connectivity index (χ2n) is 7.06. The average Bonchev–Trinajstić information content (AvgIpc) is 3.24. The molecule has 0 atom stereocenters. The van der Waals surface area contributed by atoms with E-state index in [0.29, 0.717) is 56.2 Å². The van der Waals surface area contributed by atoms with Crippen LogP contribution in [-0.2, 0) is 13.1 Å². The fourth-order valence-corrected chi connectivity index (χ4v) is 3.57. The Balaban J connectivity index is 1.41. The first kappa shape index (κ1) is 19.2. The van der Waals surface area contributed by atoms with Crippen molar-refractivity contribution >= 4 is 5.91 Å². The monoisotopic (exact) mass is 394 g/mol. The number of tetrazole rings is 1. The maximum atomic E-state index is 13.9.